The highest BCUT2D eigenvalue weighted by Gasteiger charge is 2.23. The number of hydrogen-bond acceptors (Lipinski definition) is 2. The van der Waals surface area contributed by atoms with E-state index in [-0.39, 0.29) is 17.8 Å². The fraction of sp³-hybridized carbons (Fsp3) is 0.263. The Balaban J connectivity index is 1.46. The fourth-order valence-corrected chi connectivity index (χ4v) is 3.16. The van der Waals surface area contributed by atoms with E-state index in [0.29, 0.717) is 18.2 Å². The molecule has 1 amide bonds. The zero-order valence-corrected chi connectivity index (χ0v) is 14.6. The van der Waals surface area contributed by atoms with Crippen LogP contribution in [0.4, 0.5) is 10.1 Å². The van der Waals surface area contributed by atoms with Crippen molar-refractivity contribution in [1.82, 2.24) is 10.2 Å². The molecule has 0 aromatic heterocycles. The summed E-state index contributed by atoms with van der Waals surface area (Å²) in [7, 11) is 0. The number of nitrogens with one attached hydrogen (secondary N) is 2. The molecule has 2 aromatic carbocycles. The van der Waals surface area contributed by atoms with Crippen LogP contribution in [0.1, 0.15) is 23.2 Å². The molecule has 1 fully saturated rings. The topological polar surface area (TPSA) is 44.4 Å². The lowest BCUT2D eigenvalue weighted by Gasteiger charge is -2.33. The predicted octanol–water partition coefficient (Wildman–Crippen LogP) is 3.42. The van der Waals surface area contributed by atoms with E-state index in [4.69, 9.17) is 12.2 Å². The van der Waals surface area contributed by atoms with Crippen LogP contribution in [-0.2, 0) is 0 Å². The van der Waals surface area contributed by atoms with E-state index in [1.54, 1.807) is 12.1 Å². The second kappa shape index (κ2) is 8.07. The van der Waals surface area contributed by atoms with Gasteiger partial charge in [0.2, 0.25) is 0 Å². The van der Waals surface area contributed by atoms with Gasteiger partial charge >= 0.3 is 0 Å². The highest BCUT2D eigenvalue weighted by molar-refractivity contribution is 7.80. The molecule has 25 heavy (non-hydrogen) atoms. The smallest absolute Gasteiger partial charge is 0.253 e. The fourth-order valence-electron chi connectivity index (χ4n) is 2.88. The van der Waals surface area contributed by atoms with E-state index < -0.39 is 0 Å². The van der Waals surface area contributed by atoms with Crippen molar-refractivity contribution in [3.8, 4) is 0 Å². The van der Waals surface area contributed by atoms with Crippen molar-refractivity contribution >= 4 is 28.9 Å². The van der Waals surface area contributed by atoms with Gasteiger partial charge in [0.1, 0.15) is 5.82 Å². The summed E-state index contributed by atoms with van der Waals surface area (Å²) in [6.45, 7) is 1.40. The zero-order chi connectivity index (χ0) is 17.6. The Kier molecular flexibility index (Phi) is 5.60. The van der Waals surface area contributed by atoms with E-state index in [0.717, 1.165) is 24.1 Å². The number of benzene rings is 2. The van der Waals surface area contributed by atoms with Crippen molar-refractivity contribution in [3.63, 3.8) is 0 Å². The molecule has 4 nitrogen and oxygen atoms in total. The maximum absolute atomic E-state index is 12.9. The van der Waals surface area contributed by atoms with Crippen LogP contribution in [0.5, 0.6) is 0 Å². The lowest BCUT2D eigenvalue weighted by molar-refractivity contribution is 0.0710. The maximum atomic E-state index is 12.9. The summed E-state index contributed by atoms with van der Waals surface area (Å²) < 4.78 is 12.9. The number of nitrogens with zero attached hydrogens (tertiary/aromatic N) is 1. The minimum atomic E-state index is -0.278. The van der Waals surface area contributed by atoms with Crippen molar-refractivity contribution in [3.05, 3.63) is 66.0 Å². The number of hydrogen-bond donors (Lipinski definition) is 2. The van der Waals surface area contributed by atoms with Gasteiger partial charge in [-0.3, -0.25) is 4.79 Å². The summed E-state index contributed by atoms with van der Waals surface area (Å²) >= 11 is 5.31. The van der Waals surface area contributed by atoms with Gasteiger partial charge in [-0.2, -0.15) is 0 Å². The number of halogens is 1. The molecule has 0 radical (unpaired) electrons. The monoisotopic (exact) mass is 357 g/mol. The van der Waals surface area contributed by atoms with Crippen molar-refractivity contribution in [1.29, 1.82) is 0 Å². The molecule has 130 valence electrons. The Morgan fingerprint density at radius 1 is 1.04 bits per heavy atom. The molecule has 2 aromatic rings. The standard InChI is InChI=1S/C19H20FN3OS/c20-15-6-8-16(9-7-15)21-19(25)22-17-10-12-23(13-11-17)18(24)14-4-2-1-3-5-14/h1-9,17H,10-13H2,(H2,21,22,25). The third-order valence-electron chi connectivity index (χ3n) is 4.24. The summed E-state index contributed by atoms with van der Waals surface area (Å²) in [5, 5.41) is 6.83. The van der Waals surface area contributed by atoms with Gasteiger partial charge in [0.15, 0.2) is 5.11 Å². The molecule has 0 saturated carbocycles. The number of carbonyl (C=O) groups is 1. The highest BCUT2D eigenvalue weighted by Crippen LogP contribution is 2.15. The molecular weight excluding hydrogens is 337 g/mol. The quantitative estimate of drug-likeness (QED) is 0.827. The van der Waals surface area contributed by atoms with Gasteiger partial charge in [-0.25, -0.2) is 4.39 Å². The van der Waals surface area contributed by atoms with E-state index in [1.165, 1.54) is 12.1 Å². The summed E-state index contributed by atoms with van der Waals surface area (Å²) in [4.78, 5) is 14.3. The van der Waals surface area contributed by atoms with Crippen molar-refractivity contribution in [2.24, 2.45) is 0 Å². The first-order chi connectivity index (χ1) is 12.1. The second-order valence-corrected chi connectivity index (χ2v) is 6.45. The van der Waals surface area contributed by atoms with Gasteiger partial charge in [0.25, 0.3) is 5.91 Å². The minimum absolute atomic E-state index is 0.0751. The second-order valence-electron chi connectivity index (χ2n) is 6.04. The van der Waals surface area contributed by atoms with E-state index in [1.807, 2.05) is 35.2 Å². The number of thiocarbonyl (C=S) groups is 1. The van der Waals surface area contributed by atoms with Crippen molar-refractivity contribution < 1.29 is 9.18 Å². The Hall–Kier alpha value is -2.47. The number of amides is 1. The van der Waals surface area contributed by atoms with Gasteiger partial charge in [-0.15, -0.1) is 0 Å². The molecule has 0 atom stereocenters. The molecule has 1 saturated heterocycles. The SMILES string of the molecule is O=C(c1ccccc1)N1CCC(NC(=S)Nc2ccc(F)cc2)CC1. The van der Waals surface area contributed by atoms with E-state index in [2.05, 4.69) is 10.6 Å². The number of likely N-dealkylation sites (tertiary alicyclic amines) is 1. The summed E-state index contributed by atoms with van der Waals surface area (Å²) in [6.07, 6.45) is 1.67. The average Bonchev–Trinajstić information content (AvgIpc) is 2.64. The molecular formula is C19H20FN3OS. The summed E-state index contributed by atoms with van der Waals surface area (Å²) in [5.74, 6) is -0.203. The summed E-state index contributed by atoms with van der Waals surface area (Å²) in [5.41, 5.74) is 1.47. The van der Waals surface area contributed by atoms with Crippen LogP contribution in [0.3, 0.4) is 0 Å². The molecule has 0 spiro atoms. The number of piperidine rings is 1. The normalized spacial score (nSPS) is 14.8. The molecule has 3 rings (SSSR count). The van der Waals surface area contributed by atoms with Gasteiger partial charge in [0.05, 0.1) is 0 Å². The van der Waals surface area contributed by atoms with Gasteiger partial charge < -0.3 is 15.5 Å². The Labute approximate surface area is 152 Å². The largest absolute Gasteiger partial charge is 0.360 e. The molecule has 0 aliphatic carbocycles. The van der Waals surface area contributed by atoms with E-state index >= 15 is 0 Å². The van der Waals surface area contributed by atoms with Crippen LogP contribution in [-0.4, -0.2) is 35.1 Å². The number of anilines is 1. The number of carbonyl (C=O) groups excluding carboxylic acids is 1. The molecule has 1 heterocycles. The van der Waals surface area contributed by atoms with Crippen LogP contribution >= 0.6 is 12.2 Å². The van der Waals surface area contributed by atoms with Gasteiger partial charge in [-0.05, 0) is 61.5 Å². The van der Waals surface area contributed by atoms with Crippen LogP contribution in [0.2, 0.25) is 0 Å². The minimum Gasteiger partial charge on any atom is -0.360 e. The molecule has 0 unspecified atom stereocenters. The molecule has 0 bridgehead atoms. The lowest BCUT2D eigenvalue weighted by Crippen LogP contribution is -2.47. The molecule has 6 heteroatoms. The Morgan fingerprint density at radius 3 is 2.32 bits per heavy atom. The first-order valence-electron chi connectivity index (χ1n) is 8.29. The predicted molar refractivity (Wildman–Crippen MR) is 101 cm³/mol. The van der Waals surface area contributed by atoms with E-state index in [9.17, 15) is 9.18 Å². The maximum Gasteiger partial charge on any atom is 0.253 e. The molecule has 2 N–H and O–H groups in total. The van der Waals surface area contributed by atoms with Crippen LogP contribution in [0.15, 0.2) is 54.6 Å². The molecule has 1 aliphatic heterocycles. The van der Waals surface area contributed by atoms with Crippen molar-refractivity contribution in [2.75, 3.05) is 18.4 Å². The first-order valence-corrected chi connectivity index (χ1v) is 8.70. The zero-order valence-electron chi connectivity index (χ0n) is 13.7. The number of rotatable bonds is 3. The van der Waals surface area contributed by atoms with Crippen LogP contribution in [0.25, 0.3) is 0 Å². The third-order valence-corrected chi connectivity index (χ3v) is 4.46. The van der Waals surface area contributed by atoms with Gasteiger partial charge in [0, 0.05) is 30.4 Å². The van der Waals surface area contributed by atoms with Gasteiger partial charge in [-0.1, -0.05) is 18.2 Å². The van der Waals surface area contributed by atoms with Crippen LogP contribution < -0.4 is 10.6 Å². The molecule has 1 aliphatic rings. The lowest BCUT2D eigenvalue weighted by atomic mass is 10.0. The average molecular weight is 357 g/mol. The Bertz CT molecular complexity index is 728. The highest BCUT2D eigenvalue weighted by atomic mass is 32.1. The van der Waals surface area contributed by atoms with Crippen LogP contribution in [0, 0.1) is 5.82 Å². The Morgan fingerprint density at radius 2 is 1.68 bits per heavy atom. The van der Waals surface area contributed by atoms with Crippen molar-refractivity contribution in [2.45, 2.75) is 18.9 Å². The summed E-state index contributed by atoms with van der Waals surface area (Å²) in [6, 6.07) is 15.6. The first kappa shape index (κ1) is 17.4. The third kappa shape index (κ3) is 4.76.